The first kappa shape index (κ1) is 33.4. The first-order chi connectivity index (χ1) is 29.5. The largest absolute Gasteiger partial charge is 0.456 e. The van der Waals surface area contributed by atoms with Crippen LogP contribution in [0.2, 0.25) is 0 Å². The zero-order valence-corrected chi connectivity index (χ0v) is 33.3. The molecule has 1 aliphatic carbocycles. The third-order valence-electron chi connectivity index (χ3n) is 13.3. The third kappa shape index (κ3) is 4.55. The number of aromatic nitrogens is 1. The summed E-state index contributed by atoms with van der Waals surface area (Å²) in [4.78, 5) is 2.42. The molecule has 0 aliphatic heterocycles. The van der Waals surface area contributed by atoms with Crippen LogP contribution in [0.3, 0.4) is 0 Å². The van der Waals surface area contributed by atoms with Crippen LogP contribution in [0.5, 0.6) is 0 Å². The molecule has 282 valence electrons. The van der Waals surface area contributed by atoms with Crippen LogP contribution in [0.1, 0.15) is 25.0 Å². The molecule has 13 rings (SSSR count). The van der Waals surface area contributed by atoms with E-state index in [1.54, 1.807) is 0 Å². The maximum absolute atomic E-state index is 6.90. The number of nitrogens with zero attached hydrogens (tertiary/aromatic N) is 2. The van der Waals surface area contributed by atoms with E-state index in [1.807, 2.05) is 0 Å². The van der Waals surface area contributed by atoms with Crippen LogP contribution in [0.4, 0.5) is 17.1 Å². The third-order valence-corrected chi connectivity index (χ3v) is 13.3. The van der Waals surface area contributed by atoms with Crippen molar-refractivity contribution >= 4 is 77.1 Å². The maximum Gasteiger partial charge on any atom is 0.137 e. The van der Waals surface area contributed by atoms with Gasteiger partial charge in [-0.2, -0.15) is 0 Å². The lowest BCUT2D eigenvalue weighted by molar-refractivity contribution is 0.660. The summed E-state index contributed by atoms with van der Waals surface area (Å²) >= 11 is 0. The Bertz CT molecular complexity index is 3680. The monoisotopic (exact) mass is 766 g/mol. The number of fused-ring (bicyclic) bond motifs is 12. The second kappa shape index (κ2) is 12.2. The molecule has 0 amide bonds. The summed E-state index contributed by atoms with van der Waals surface area (Å²) in [5.74, 6) is 0. The molecule has 3 aromatic heterocycles. The van der Waals surface area contributed by atoms with Crippen LogP contribution in [-0.4, -0.2) is 4.40 Å². The molecule has 0 atom stereocenters. The average Bonchev–Trinajstić information content (AvgIpc) is 4.01. The standard InChI is InChI=1S/C57H38N2O/c1-57(2)49-22-8-6-15-41(49)45-18-12-24-51(54(45)57)58(38-28-25-36(26-29-38)35-13-4-3-5-14-35)39-30-32-44-43-31-27-37(33-52(43)60-53(44)34-39)40-17-10-20-47-48-21-11-19-46-42-16-7-9-23-50(42)59(55(40)47)56(46)48/h3-34H,1-2H3. The predicted octanol–water partition coefficient (Wildman–Crippen LogP) is 15.8. The lowest BCUT2D eigenvalue weighted by Crippen LogP contribution is -2.20. The topological polar surface area (TPSA) is 20.8 Å². The minimum Gasteiger partial charge on any atom is -0.456 e. The zero-order chi connectivity index (χ0) is 39.7. The number of anilines is 3. The lowest BCUT2D eigenvalue weighted by Gasteiger charge is -2.32. The van der Waals surface area contributed by atoms with E-state index in [2.05, 4.69) is 217 Å². The molecule has 0 N–H and O–H groups in total. The van der Waals surface area contributed by atoms with Crippen molar-refractivity contribution in [3.63, 3.8) is 0 Å². The molecule has 9 aromatic carbocycles. The van der Waals surface area contributed by atoms with Crippen LogP contribution >= 0.6 is 0 Å². The van der Waals surface area contributed by atoms with Gasteiger partial charge in [-0.15, -0.1) is 0 Å². The quantitative estimate of drug-likeness (QED) is 0.174. The summed E-state index contributed by atoms with van der Waals surface area (Å²) in [6.45, 7) is 4.72. The van der Waals surface area contributed by atoms with Crippen molar-refractivity contribution in [1.82, 2.24) is 4.40 Å². The van der Waals surface area contributed by atoms with Crippen molar-refractivity contribution in [2.45, 2.75) is 19.3 Å². The molecule has 60 heavy (non-hydrogen) atoms. The highest BCUT2D eigenvalue weighted by molar-refractivity contribution is 6.25. The molecular formula is C57H38N2O. The fourth-order valence-corrected chi connectivity index (χ4v) is 10.6. The molecule has 0 spiro atoms. The van der Waals surface area contributed by atoms with Crippen molar-refractivity contribution in [3.05, 3.63) is 205 Å². The molecule has 0 radical (unpaired) electrons. The Labute approximate surface area is 347 Å². The van der Waals surface area contributed by atoms with E-state index in [0.29, 0.717) is 0 Å². The van der Waals surface area contributed by atoms with Gasteiger partial charge in [-0.05, 0) is 87.5 Å². The Morgan fingerprint density at radius 3 is 1.85 bits per heavy atom. The minimum absolute atomic E-state index is 0.192. The highest BCUT2D eigenvalue weighted by Crippen LogP contribution is 2.54. The maximum atomic E-state index is 6.90. The number of hydrogen-bond acceptors (Lipinski definition) is 2. The molecule has 0 bridgehead atoms. The molecule has 3 nitrogen and oxygen atoms in total. The van der Waals surface area contributed by atoms with Gasteiger partial charge in [-0.25, -0.2) is 0 Å². The molecular weight excluding hydrogens is 729 g/mol. The second-order valence-corrected chi connectivity index (χ2v) is 16.9. The van der Waals surface area contributed by atoms with E-state index in [-0.39, 0.29) is 5.41 Å². The van der Waals surface area contributed by atoms with Gasteiger partial charge >= 0.3 is 0 Å². The van der Waals surface area contributed by atoms with Crippen molar-refractivity contribution in [3.8, 4) is 33.4 Å². The second-order valence-electron chi connectivity index (χ2n) is 16.9. The van der Waals surface area contributed by atoms with E-state index in [1.165, 1.54) is 82.7 Å². The predicted molar refractivity (Wildman–Crippen MR) is 251 cm³/mol. The van der Waals surface area contributed by atoms with Gasteiger partial charge in [0, 0.05) is 60.7 Å². The number of hydrogen-bond donors (Lipinski definition) is 0. The highest BCUT2D eigenvalue weighted by atomic mass is 16.3. The van der Waals surface area contributed by atoms with Crippen LogP contribution in [0.25, 0.3) is 93.4 Å². The van der Waals surface area contributed by atoms with Crippen molar-refractivity contribution in [2.75, 3.05) is 4.90 Å². The smallest absolute Gasteiger partial charge is 0.137 e. The molecule has 0 saturated carbocycles. The molecule has 12 aromatic rings. The van der Waals surface area contributed by atoms with Crippen molar-refractivity contribution in [2.24, 2.45) is 0 Å². The number of furan rings is 1. The summed E-state index contributed by atoms with van der Waals surface area (Å²) in [7, 11) is 0. The summed E-state index contributed by atoms with van der Waals surface area (Å²) in [5.41, 5.74) is 18.6. The summed E-state index contributed by atoms with van der Waals surface area (Å²) in [5, 5.41) is 7.35. The normalized spacial score (nSPS) is 13.3. The Hall–Kier alpha value is -7.62. The van der Waals surface area contributed by atoms with Gasteiger partial charge in [0.25, 0.3) is 0 Å². The van der Waals surface area contributed by atoms with Gasteiger partial charge in [-0.1, -0.05) is 153 Å². The lowest BCUT2D eigenvalue weighted by atomic mass is 9.81. The van der Waals surface area contributed by atoms with E-state index in [4.69, 9.17) is 4.42 Å². The number of rotatable bonds is 5. The van der Waals surface area contributed by atoms with Gasteiger partial charge in [0.05, 0.1) is 22.2 Å². The van der Waals surface area contributed by atoms with Gasteiger partial charge < -0.3 is 13.7 Å². The first-order valence-electron chi connectivity index (χ1n) is 20.8. The average molecular weight is 767 g/mol. The zero-order valence-electron chi connectivity index (χ0n) is 33.3. The molecule has 1 aliphatic rings. The Kier molecular flexibility index (Phi) is 6.78. The Morgan fingerprint density at radius 2 is 1.00 bits per heavy atom. The molecule has 3 heterocycles. The van der Waals surface area contributed by atoms with Gasteiger partial charge in [0.2, 0.25) is 0 Å². The van der Waals surface area contributed by atoms with E-state index >= 15 is 0 Å². The summed E-state index contributed by atoms with van der Waals surface area (Å²) in [6.07, 6.45) is 0. The molecule has 0 unspecified atom stereocenters. The minimum atomic E-state index is -0.192. The Morgan fingerprint density at radius 1 is 0.417 bits per heavy atom. The van der Waals surface area contributed by atoms with Crippen LogP contribution in [0.15, 0.2) is 199 Å². The fraction of sp³-hybridized carbons (Fsp3) is 0.0526. The van der Waals surface area contributed by atoms with Crippen molar-refractivity contribution in [1.29, 1.82) is 0 Å². The van der Waals surface area contributed by atoms with Crippen LogP contribution in [-0.2, 0) is 5.41 Å². The van der Waals surface area contributed by atoms with Gasteiger partial charge in [0.15, 0.2) is 0 Å². The van der Waals surface area contributed by atoms with Gasteiger partial charge in [0.1, 0.15) is 11.2 Å². The molecule has 3 heteroatoms. The van der Waals surface area contributed by atoms with Gasteiger partial charge in [-0.3, -0.25) is 0 Å². The van der Waals surface area contributed by atoms with E-state index in [0.717, 1.165) is 38.9 Å². The molecule has 0 saturated heterocycles. The Balaban J connectivity index is 0.984. The highest BCUT2D eigenvalue weighted by Gasteiger charge is 2.38. The summed E-state index contributed by atoms with van der Waals surface area (Å²) < 4.78 is 9.37. The first-order valence-corrected chi connectivity index (χ1v) is 20.8. The fourth-order valence-electron chi connectivity index (χ4n) is 10.6. The van der Waals surface area contributed by atoms with E-state index in [9.17, 15) is 0 Å². The SMILES string of the molecule is CC1(C)c2ccccc2-c2cccc(N(c3ccc(-c4ccccc4)cc3)c3ccc4c(c3)oc3cc(-c5cccc6c7cccc8c9ccccc9n(c56)c87)ccc34)c21. The van der Waals surface area contributed by atoms with E-state index < -0.39 is 0 Å². The molecule has 0 fully saturated rings. The number of para-hydroxylation sites is 3. The summed E-state index contributed by atoms with van der Waals surface area (Å²) in [6, 6.07) is 70.9. The van der Waals surface area contributed by atoms with Crippen LogP contribution in [0, 0.1) is 0 Å². The van der Waals surface area contributed by atoms with Crippen molar-refractivity contribution < 1.29 is 4.42 Å². The van der Waals surface area contributed by atoms with Crippen LogP contribution < -0.4 is 4.90 Å². The number of benzene rings is 9.